The molecular weight excluding hydrogens is 306 g/mol. The van der Waals surface area contributed by atoms with Crippen LogP contribution in [-0.2, 0) is 4.74 Å². The van der Waals surface area contributed by atoms with Crippen molar-refractivity contribution in [2.75, 3.05) is 6.61 Å². The minimum atomic E-state index is -0.354. The van der Waals surface area contributed by atoms with Gasteiger partial charge >= 0.3 is 5.97 Å². The number of pyridine rings is 1. The maximum Gasteiger partial charge on any atom is 0.338 e. The third kappa shape index (κ3) is 3.27. The monoisotopic (exact) mass is 323 g/mol. The van der Waals surface area contributed by atoms with E-state index in [1.165, 1.54) is 0 Å². The number of nitrogens with zero attached hydrogens (tertiary/aromatic N) is 3. The van der Waals surface area contributed by atoms with Crippen LogP contribution in [0.15, 0.2) is 55.0 Å². The Hall–Kier alpha value is -3.15. The second kappa shape index (κ2) is 6.95. The Morgan fingerprint density at radius 3 is 2.83 bits per heavy atom. The fourth-order valence-corrected chi connectivity index (χ4v) is 2.27. The maximum atomic E-state index is 12.0. The predicted molar refractivity (Wildman–Crippen MR) is 88.6 cm³/mol. The smallest absolute Gasteiger partial charge is 0.338 e. The van der Waals surface area contributed by atoms with Gasteiger partial charge in [0.2, 0.25) is 0 Å². The number of ether oxygens (including phenoxy) is 2. The molecule has 122 valence electrons. The molecule has 0 fully saturated rings. The molecule has 3 aromatic rings. The lowest BCUT2D eigenvalue weighted by Gasteiger charge is -2.12. The van der Waals surface area contributed by atoms with Gasteiger partial charge < -0.3 is 9.47 Å². The summed E-state index contributed by atoms with van der Waals surface area (Å²) in [6.07, 6.45) is 5.14. The highest BCUT2D eigenvalue weighted by Gasteiger charge is 2.14. The highest BCUT2D eigenvalue weighted by Crippen LogP contribution is 2.28. The molecule has 0 atom stereocenters. The number of hydrogen-bond donors (Lipinski definition) is 0. The van der Waals surface area contributed by atoms with E-state index in [0.29, 0.717) is 29.5 Å². The van der Waals surface area contributed by atoms with Crippen LogP contribution in [-0.4, -0.2) is 27.3 Å². The molecule has 6 heteroatoms. The van der Waals surface area contributed by atoms with Gasteiger partial charge in [-0.3, -0.25) is 0 Å². The summed E-state index contributed by atoms with van der Waals surface area (Å²) in [5, 5.41) is 4.15. The molecule has 0 aliphatic heterocycles. The molecule has 0 bridgehead atoms. The molecule has 0 radical (unpaired) electrons. The van der Waals surface area contributed by atoms with Gasteiger partial charge in [-0.25, -0.2) is 14.5 Å². The van der Waals surface area contributed by atoms with Crippen LogP contribution in [0.4, 0.5) is 0 Å². The van der Waals surface area contributed by atoms with E-state index in [1.807, 2.05) is 19.1 Å². The van der Waals surface area contributed by atoms with Crippen LogP contribution in [0.1, 0.15) is 22.8 Å². The number of hydrogen-bond acceptors (Lipinski definition) is 5. The van der Waals surface area contributed by atoms with Gasteiger partial charge in [-0.2, -0.15) is 5.10 Å². The Balaban J connectivity index is 1.88. The van der Waals surface area contributed by atoms with Crippen LogP contribution in [0.25, 0.3) is 5.82 Å². The van der Waals surface area contributed by atoms with Crippen molar-refractivity contribution in [1.29, 1.82) is 0 Å². The highest BCUT2D eigenvalue weighted by molar-refractivity contribution is 5.91. The zero-order valence-corrected chi connectivity index (χ0v) is 13.5. The molecule has 6 nitrogen and oxygen atoms in total. The first kappa shape index (κ1) is 15.7. The lowest BCUT2D eigenvalue weighted by molar-refractivity contribution is 0.0525. The third-order valence-corrected chi connectivity index (χ3v) is 3.46. The molecule has 3 rings (SSSR count). The lowest BCUT2D eigenvalue weighted by Crippen LogP contribution is -2.07. The van der Waals surface area contributed by atoms with E-state index in [1.54, 1.807) is 54.5 Å². The van der Waals surface area contributed by atoms with Crippen LogP contribution in [0.5, 0.6) is 11.5 Å². The summed E-state index contributed by atoms with van der Waals surface area (Å²) in [6, 6.07) is 10.7. The maximum absolute atomic E-state index is 12.0. The normalized spacial score (nSPS) is 10.4. The van der Waals surface area contributed by atoms with E-state index in [-0.39, 0.29) is 5.97 Å². The summed E-state index contributed by atoms with van der Waals surface area (Å²) in [6.45, 7) is 3.94. The van der Waals surface area contributed by atoms with E-state index in [2.05, 4.69) is 10.1 Å². The number of esters is 1. The van der Waals surface area contributed by atoms with Crippen molar-refractivity contribution < 1.29 is 14.3 Å². The van der Waals surface area contributed by atoms with E-state index < -0.39 is 0 Å². The Labute approximate surface area is 139 Å². The van der Waals surface area contributed by atoms with Crippen molar-refractivity contribution in [1.82, 2.24) is 14.8 Å². The molecule has 2 heterocycles. The van der Waals surface area contributed by atoms with E-state index in [9.17, 15) is 4.79 Å². The van der Waals surface area contributed by atoms with Gasteiger partial charge in [0, 0.05) is 30.2 Å². The fourth-order valence-electron chi connectivity index (χ4n) is 2.27. The molecule has 1 aromatic carbocycles. The van der Waals surface area contributed by atoms with Crippen molar-refractivity contribution in [3.8, 4) is 17.3 Å². The van der Waals surface area contributed by atoms with Gasteiger partial charge in [0.05, 0.1) is 12.2 Å². The van der Waals surface area contributed by atoms with Crippen LogP contribution in [0.3, 0.4) is 0 Å². The first-order valence-electron chi connectivity index (χ1n) is 7.59. The Kier molecular flexibility index (Phi) is 4.56. The zero-order chi connectivity index (χ0) is 16.9. The Morgan fingerprint density at radius 1 is 1.21 bits per heavy atom. The van der Waals surface area contributed by atoms with Crippen molar-refractivity contribution >= 4 is 5.97 Å². The second-order valence-corrected chi connectivity index (χ2v) is 5.05. The molecule has 0 saturated carbocycles. The topological polar surface area (TPSA) is 66.2 Å². The number of benzene rings is 1. The summed E-state index contributed by atoms with van der Waals surface area (Å²) in [7, 11) is 0. The molecule has 2 aromatic heterocycles. The minimum absolute atomic E-state index is 0.334. The first-order valence-corrected chi connectivity index (χ1v) is 7.59. The van der Waals surface area contributed by atoms with Gasteiger partial charge in [-0.1, -0.05) is 6.07 Å². The number of carbonyl (C=O) groups excluding carboxylic acids is 1. The van der Waals surface area contributed by atoms with Crippen LogP contribution >= 0.6 is 0 Å². The van der Waals surface area contributed by atoms with E-state index in [4.69, 9.17) is 9.47 Å². The molecule has 0 amide bonds. The van der Waals surface area contributed by atoms with E-state index in [0.717, 1.165) is 5.56 Å². The quantitative estimate of drug-likeness (QED) is 0.672. The van der Waals surface area contributed by atoms with Gasteiger partial charge in [0.1, 0.15) is 11.5 Å². The Morgan fingerprint density at radius 2 is 2.08 bits per heavy atom. The summed E-state index contributed by atoms with van der Waals surface area (Å²) in [5.74, 6) is 1.50. The summed E-state index contributed by atoms with van der Waals surface area (Å²) >= 11 is 0. The molecule has 0 aliphatic rings. The van der Waals surface area contributed by atoms with Crippen molar-refractivity contribution in [3.63, 3.8) is 0 Å². The standard InChI is InChI=1S/C18H17N3O3/c1-3-23-18(22)15-6-4-7-16(13(15)2)24-14-8-10-19-17(12-14)21-11-5-9-20-21/h4-12H,3H2,1-2H3. The second-order valence-electron chi connectivity index (χ2n) is 5.05. The number of aromatic nitrogens is 3. The fraction of sp³-hybridized carbons (Fsp3) is 0.167. The zero-order valence-electron chi connectivity index (χ0n) is 13.5. The van der Waals surface area contributed by atoms with Gasteiger partial charge in [0.15, 0.2) is 5.82 Å². The van der Waals surface area contributed by atoms with Gasteiger partial charge in [0.25, 0.3) is 0 Å². The highest BCUT2D eigenvalue weighted by atomic mass is 16.5. The lowest BCUT2D eigenvalue weighted by atomic mass is 10.1. The first-order chi connectivity index (χ1) is 11.7. The summed E-state index contributed by atoms with van der Waals surface area (Å²) in [5.41, 5.74) is 1.23. The SMILES string of the molecule is CCOC(=O)c1cccc(Oc2ccnc(-n3cccn3)c2)c1C. The van der Waals surface area contributed by atoms with Crippen molar-refractivity contribution in [2.24, 2.45) is 0 Å². The molecule has 0 aliphatic carbocycles. The largest absolute Gasteiger partial charge is 0.462 e. The molecule has 0 saturated heterocycles. The average Bonchev–Trinajstić information content (AvgIpc) is 3.12. The number of carbonyl (C=O) groups is 1. The van der Waals surface area contributed by atoms with Crippen LogP contribution in [0, 0.1) is 6.92 Å². The molecule has 0 spiro atoms. The van der Waals surface area contributed by atoms with Crippen LogP contribution < -0.4 is 4.74 Å². The molecular formula is C18H17N3O3. The van der Waals surface area contributed by atoms with Gasteiger partial charge in [-0.05, 0) is 38.1 Å². The Bertz CT molecular complexity index is 844. The van der Waals surface area contributed by atoms with Gasteiger partial charge in [-0.15, -0.1) is 0 Å². The van der Waals surface area contributed by atoms with Crippen LogP contribution in [0.2, 0.25) is 0 Å². The summed E-state index contributed by atoms with van der Waals surface area (Å²) < 4.78 is 12.6. The average molecular weight is 323 g/mol. The minimum Gasteiger partial charge on any atom is -0.462 e. The van der Waals surface area contributed by atoms with E-state index >= 15 is 0 Å². The molecule has 0 unspecified atom stereocenters. The molecule has 0 N–H and O–H groups in total. The number of rotatable bonds is 5. The predicted octanol–water partition coefficient (Wildman–Crippen LogP) is 3.54. The third-order valence-electron chi connectivity index (χ3n) is 3.46. The van der Waals surface area contributed by atoms with Crippen molar-refractivity contribution in [2.45, 2.75) is 13.8 Å². The summed E-state index contributed by atoms with van der Waals surface area (Å²) in [4.78, 5) is 16.2. The van der Waals surface area contributed by atoms with Crippen molar-refractivity contribution in [3.05, 3.63) is 66.1 Å². The molecule has 24 heavy (non-hydrogen) atoms.